The Labute approximate surface area is 174 Å². The first kappa shape index (κ1) is 23.0. The normalized spacial score (nSPS) is 14.1. The highest BCUT2D eigenvalue weighted by atomic mass is 127. The molecule has 0 amide bonds. The number of hydrogen-bond acceptors (Lipinski definition) is 4. The molecular formula is C19H33IN4O2. The summed E-state index contributed by atoms with van der Waals surface area (Å²) in [4.78, 5) is 11.1. The van der Waals surface area contributed by atoms with Crippen molar-refractivity contribution in [1.82, 2.24) is 15.2 Å². The zero-order chi connectivity index (χ0) is 18.1. The maximum Gasteiger partial charge on any atom is 0.213 e. The van der Waals surface area contributed by atoms with Crippen LogP contribution in [-0.2, 0) is 11.3 Å². The molecule has 0 radical (unpaired) electrons. The van der Waals surface area contributed by atoms with E-state index in [1.54, 1.807) is 0 Å². The van der Waals surface area contributed by atoms with E-state index in [4.69, 9.17) is 14.5 Å². The molecule has 1 fully saturated rings. The maximum absolute atomic E-state index is 5.72. The number of nitrogens with zero attached hydrogens (tertiary/aromatic N) is 3. The highest BCUT2D eigenvalue weighted by molar-refractivity contribution is 14.0. The molecule has 7 heteroatoms. The minimum atomic E-state index is 0. The first-order chi connectivity index (χ1) is 12.1. The molecule has 0 aromatic carbocycles. The van der Waals surface area contributed by atoms with E-state index in [2.05, 4.69) is 22.1 Å². The molecule has 0 unspecified atom stereocenters. The van der Waals surface area contributed by atoms with Crippen LogP contribution in [0, 0.1) is 5.92 Å². The summed E-state index contributed by atoms with van der Waals surface area (Å²) in [7, 11) is 2.04. The van der Waals surface area contributed by atoms with Gasteiger partial charge in [0.15, 0.2) is 5.96 Å². The molecule has 0 atom stereocenters. The summed E-state index contributed by atoms with van der Waals surface area (Å²) in [6.45, 7) is 9.96. The second-order valence-corrected chi connectivity index (χ2v) is 6.78. The second-order valence-electron chi connectivity index (χ2n) is 6.78. The molecular weight excluding hydrogens is 443 g/mol. The largest absolute Gasteiger partial charge is 0.475 e. The van der Waals surface area contributed by atoms with E-state index < -0.39 is 0 Å². The van der Waals surface area contributed by atoms with Gasteiger partial charge in [-0.25, -0.2) is 9.98 Å². The fourth-order valence-corrected chi connectivity index (χ4v) is 2.29. The molecule has 6 nitrogen and oxygen atoms in total. The first-order valence-electron chi connectivity index (χ1n) is 9.27. The number of rotatable bonds is 10. The molecule has 0 spiro atoms. The van der Waals surface area contributed by atoms with Gasteiger partial charge in [-0.1, -0.05) is 6.07 Å². The number of likely N-dealkylation sites (N-methyl/N-ethyl adjacent to an activating group) is 1. The van der Waals surface area contributed by atoms with Crippen molar-refractivity contribution in [2.45, 2.75) is 46.3 Å². The zero-order valence-electron chi connectivity index (χ0n) is 16.4. The van der Waals surface area contributed by atoms with Gasteiger partial charge in [0.25, 0.3) is 0 Å². The van der Waals surface area contributed by atoms with Crippen molar-refractivity contribution in [2.24, 2.45) is 10.9 Å². The van der Waals surface area contributed by atoms with Gasteiger partial charge < -0.3 is 19.7 Å². The minimum absolute atomic E-state index is 0. The second kappa shape index (κ2) is 12.3. The number of pyridine rings is 1. The highest BCUT2D eigenvalue weighted by Crippen LogP contribution is 2.28. The molecule has 1 saturated carbocycles. The zero-order valence-corrected chi connectivity index (χ0v) is 18.7. The van der Waals surface area contributed by atoms with Crippen molar-refractivity contribution < 1.29 is 9.47 Å². The Morgan fingerprint density at radius 3 is 2.73 bits per heavy atom. The third-order valence-electron chi connectivity index (χ3n) is 3.88. The number of aliphatic imine (C=N–C) groups is 1. The fraction of sp³-hybridized carbons (Fsp3) is 0.684. The van der Waals surface area contributed by atoms with Crippen LogP contribution in [0.15, 0.2) is 23.3 Å². The number of halogens is 1. The van der Waals surface area contributed by atoms with Crippen molar-refractivity contribution in [2.75, 3.05) is 33.4 Å². The molecule has 1 aromatic rings. The molecule has 1 N–H and O–H groups in total. The van der Waals surface area contributed by atoms with Crippen molar-refractivity contribution in [1.29, 1.82) is 0 Å². The average molecular weight is 476 g/mol. The van der Waals surface area contributed by atoms with Crippen LogP contribution in [0.2, 0.25) is 0 Å². The maximum atomic E-state index is 5.72. The topological polar surface area (TPSA) is 59.0 Å². The van der Waals surface area contributed by atoms with Gasteiger partial charge in [-0.3, -0.25) is 0 Å². The van der Waals surface area contributed by atoms with E-state index in [1.807, 2.05) is 39.2 Å². The molecule has 2 rings (SSSR count). The van der Waals surface area contributed by atoms with Crippen molar-refractivity contribution in [3.63, 3.8) is 0 Å². The van der Waals surface area contributed by atoms with Crippen LogP contribution in [0.25, 0.3) is 0 Å². The predicted octanol–water partition coefficient (Wildman–Crippen LogP) is 3.31. The lowest BCUT2D eigenvalue weighted by molar-refractivity contribution is 0.115. The molecule has 1 aromatic heterocycles. The van der Waals surface area contributed by atoms with E-state index in [1.165, 1.54) is 12.8 Å². The first-order valence-corrected chi connectivity index (χ1v) is 9.27. The summed E-state index contributed by atoms with van der Waals surface area (Å²) >= 11 is 0. The van der Waals surface area contributed by atoms with E-state index in [-0.39, 0.29) is 30.1 Å². The Morgan fingerprint density at radius 1 is 1.38 bits per heavy atom. The summed E-state index contributed by atoms with van der Waals surface area (Å²) in [6.07, 6.45) is 4.61. The van der Waals surface area contributed by atoms with Gasteiger partial charge >= 0.3 is 0 Å². The summed E-state index contributed by atoms with van der Waals surface area (Å²) in [5, 5.41) is 3.33. The molecule has 26 heavy (non-hydrogen) atoms. The van der Waals surface area contributed by atoms with Crippen LogP contribution in [0.1, 0.15) is 39.2 Å². The lowest BCUT2D eigenvalue weighted by Crippen LogP contribution is -2.40. The summed E-state index contributed by atoms with van der Waals surface area (Å²) in [5.74, 6) is 2.35. The Kier molecular flexibility index (Phi) is 10.9. The number of hydrogen-bond donors (Lipinski definition) is 1. The van der Waals surface area contributed by atoms with Crippen LogP contribution in [0.3, 0.4) is 0 Å². The molecule has 1 heterocycles. The Hall–Kier alpha value is -1.09. The van der Waals surface area contributed by atoms with Gasteiger partial charge in [-0.15, -0.1) is 24.0 Å². The van der Waals surface area contributed by atoms with Crippen LogP contribution >= 0.6 is 24.0 Å². The summed E-state index contributed by atoms with van der Waals surface area (Å²) in [5.41, 5.74) is 1.06. The van der Waals surface area contributed by atoms with Crippen LogP contribution in [-0.4, -0.2) is 55.3 Å². The van der Waals surface area contributed by atoms with Gasteiger partial charge in [0.2, 0.25) is 5.88 Å². The average Bonchev–Trinajstić information content (AvgIpc) is 3.40. The van der Waals surface area contributed by atoms with Crippen LogP contribution in [0.5, 0.6) is 5.88 Å². The Morgan fingerprint density at radius 2 is 2.15 bits per heavy atom. The lowest BCUT2D eigenvalue weighted by atomic mass is 10.3. The third-order valence-corrected chi connectivity index (χ3v) is 3.88. The van der Waals surface area contributed by atoms with Gasteiger partial charge in [-0.05, 0) is 45.1 Å². The molecule has 0 bridgehead atoms. The Balaban J connectivity index is 0.00000338. The van der Waals surface area contributed by atoms with Crippen LogP contribution < -0.4 is 10.1 Å². The van der Waals surface area contributed by atoms with E-state index in [0.717, 1.165) is 43.7 Å². The SMILES string of the molecule is CCNC(=NCc1ccc(OC(C)C)nc1)N(C)CCOCC1CC1.I. The smallest absolute Gasteiger partial charge is 0.213 e. The third kappa shape index (κ3) is 9.02. The Bertz CT molecular complexity index is 533. The van der Waals surface area contributed by atoms with Crippen molar-refractivity contribution in [3.8, 4) is 5.88 Å². The van der Waals surface area contributed by atoms with Gasteiger partial charge in [0, 0.05) is 39.0 Å². The lowest BCUT2D eigenvalue weighted by Gasteiger charge is -2.22. The fourth-order valence-electron chi connectivity index (χ4n) is 2.29. The molecule has 0 saturated heterocycles. The number of ether oxygens (including phenoxy) is 2. The van der Waals surface area contributed by atoms with E-state index >= 15 is 0 Å². The van der Waals surface area contributed by atoms with Crippen molar-refractivity contribution >= 4 is 29.9 Å². The van der Waals surface area contributed by atoms with E-state index in [0.29, 0.717) is 12.4 Å². The predicted molar refractivity (Wildman–Crippen MR) is 116 cm³/mol. The molecule has 1 aliphatic rings. The molecule has 1 aliphatic carbocycles. The monoisotopic (exact) mass is 476 g/mol. The number of aromatic nitrogens is 1. The molecule has 0 aliphatic heterocycles. The van der Waals surface area contributed by atoms with Crippen LogP contribution in [0.4, 0.5) is 0 Å². The van der Waals surface area contributed by atoms with Gasteiger partial charge in [-0.2, -0.15) is 0 Å². The number of guanidine groups is 1. The minimum Gasteiger partial charge on any atom is -0.475 e. The molecule has 148 valence electrons. The van der Waals surface area contributed by atoms with E-state index in [9.17, 15) is 0 Å². The van der Waals surface area contributed by atoms with Gasteiger partial charge in [0.1, 0.15) is 0 Å². The quantitative estimate of drug-likeness (QED) is 0.243. The number of nitrogens with one attached hydrogen (secondary N) is 1. The summed E-state index contributed by atoms with van der Waals surface area (Å²) < 4.78 is 11.3. The van der Waals surface area contributed by atoms with Crippen molar-refractivity contribution in [3.05, 3.63) is 23.9 Å². The standard InChI is InChI=1S/C19H32N4O2.HI/c1-5-20-19(23(4)10-11-24-14-16-6-7-16)22-13-17-8-9-18(21-12-17)25-15(2)3;/h8-9,12,15-16H,5-7,10-11,13-14H2,1-4H3,(H,20,22);1H. The van der Waals surface area contributed by atoms with Gasteiger partial charge in [0.05, 0.1) is 19.3 Å². The summed E-state index contributed by atoms with van der Waals surface area (Å²) in [6, 6.07) is 3.91. The highest BCUT2D eigenvalue weighted by Gasteiger charge is 2.21.